The van der Waals surface area contributed by atoms with Crippen LogP contribution in [0, 0.1) is 0 Å². The van der Waals surface area contributed by atoms with Crippen LogP contribution in [0.3, 0.4) is 0 Å². The Kier molecular flexibility index (Phi) is 6.07. The quantitative estimate of drug-likeness (QED) is 0.615. The highest BCUT2D eigenvalue weighted by atomic mass is 32.2. The van der Waals surface area contributed by atoms with Gasteiger partial charge in [-0.15, -0.1) is 0 Å². The van der Waals surface area contributed by atoms with Gasteiger partial charge in [-0.2, -0.15) is 0 Å². The minimum atomic E-state index is -1.37. The van der Waals surface area contributed by atoms with Crippen molar-refractivity contribution in [2.75, 3.05) is 11.5 Å². The van der Waals surface area contributed by atoms with E-state index in [9.17, 15) is 18.0 Å². The van der Waals surface area contributed by atoms with Gasteiger partial charge in [0.1, 0.15) is 16.1 Å². The molecule has 3 atom stereocenters. The van der Waals surface area contributed by atoms with E-state index in [1.807, 2.05) is 0 Å². The molecule has 2 aliphatic rings. The lowest BCUT2D eigenvalue weighted by Crippen LogP contribution is -2.25. The van der Waals surface area contributed by atoms with Crippen LogP contribution < -0.4 is 0 Å². The van der Waals surface area contributed by atoms with E-state index in [0.29, 0.717) is 23.7 Å². The van der Waals surface area contributed by atoms with Crippen LogP contribution in [0.15, 0.2) is 23.7 Å². The van der Waals surface area contributed by atoms with Crippen molar-refractivity contribution in [3.63, 3.8) is 0 Å². The van der Waals surface area contributed by atoms with Crippen LogP contribution >= 0.6 is 0 Å². The summed E-state index contributed by atoms with van der Waals surface area (Å²) >= 11 is 0. The number of hydrogen-bond donors (Lipinski definition) is 0. The molecule has 0 fully saturated rings. The van der Waals surface area contributed by atoms with E-state index in [-0.39, 0.29) is 37.0 Å². The van der Waals surface area contributed by atoms with Crippen molar-refractivity contribution in [1.82, 2.24) is 0 Å². The first kappa shape index (κ1) is 17.1. The number of allylic oxidation sites excluding steroid dienone is 2. The third kappa shape index (κ3) is 4.61. The Morgan fingerprint density at radius 1 is 1.05 bits per heavy atom. The van der Waals surface area contributed by atoms with Crippen molar-refractivity contribution >= 4 is 33.5 Å². The average molecular weight is 346 g/mol. The Labute approximate surface area is 133 Å². The summed E-state index contributed by atoms with van der Waals surface area (Å²) in [5, 5.41) is 0. The molecule has 0 aromatic rings. The van der Waals surface area contributed by atoms with Crippen LogP contribution in [0.2, 0.25) is 0 Å². The summed E-state index contributed by atoms with van der Waals surface area (Å²) in [5.41, 5.74) is 0. The van der Waals surface area contributed by atoms with Crippen molar-refractivity contribution in [1.29, 1.82) is 0 Å². The van der Waals surface area contributed by atoms with E-state index in [0.717, 1.165) is 0 Å². The number of esters is 2. The second kappa shape index (κ2) is 7.82. The van der Waals surface area contributed by atoms with Gasteiger partial charge >= 0.3 is 11.9 Å². The smallest absolute Gasteiger partial charge is 0.314 e. The van der Waals surface area contributed by atoms with Gasteiger partial charge in [0.25, 0.3) is 0 Å². The van der Waals surface area contributed by atoms with Gasteiger partial charge in [0.15, 0.2) is 0 Å². The lowest BCUT2D eigenvalue weighted by Gasteiger charge is -2.15. The van der Waals surface area contributed by atoms with Crippen LogP contribution in [-0.2, 0) is 40.7 Å². The standard InChI is InChI=1S/C14H18O6S2/c1-2-21(17)14(9-11-4-6-13(16)20-11)22(18)8-7-10-3-5-12(15)19-10/h3-4,14H,2,5-9H2,1H3. The molecule has 0 amide bonds. The van der Waals surface area contributed by atoms with Crippen LogP contribution in [0.5, 0.6) is 0 Å². The molecule has 0 saturated heterocycles. The third-order valence-electron chi connectivity index (χ3n) is 3.27. The summed E-state index contributed by atoms with van der Waals surface area (Å²) in [6.07, 6.45) is 4.35. The zero-order chi connectivity index (χ0) is 16.1. The lowest BCUT2D eigenvalue weighted by molar-refractivity contribution is -0.137. The summed E-state index contributed by atoms with van der Waals surface area (Å²) < 4.78 is 33.9. The zero-order valence-corrected chi connectivity index (χ0v) is 13.9. The monoisotopic (exact) mass is 346 g/mol. The highest BCUT2D eigenvalue weighted by molar-refractivity contribution is 8.02. The highest BCUT2D eigenvalue weighted by Gasteiger charge is 2.28. The molecule has 22 heavy (non-hydrogen) atoms. The molecule has 2 heterocycles. The maximum Gasteiger partial charge on any atom is 0.314 e. The normalized spacial score (nSPS) is 21.7. The van der Waals surface area contributed by atoms with Crippen molar-refractivity contribution in [3.05, 3.63) is 23.7 Å². The van der Waals surface area contributed by atoms with E-state index in [2.05, 4.69) is 0 Å². The largest absolute Gasteiger partial charge is 0.431 e. The molecule has 0 aromatic heterocycles. The van der Waals surface area contributed by atoms with E-state index >= 15 is 0 Å². The number of carbonyl (C=O) groups is 2. The average Bonchev–Trinajstić information content (AvgIpc) is 3.10. The first-order valence-corrected chi connectivity index (χ1v) is 9.79. The van der Waals surface area contributed by atoms with Crippen molar-refractivity contribution in [3.8, 4) is 0 Å². The lowest BCUT2D eigenvalue weighted by atomic mass is 10.3. The number of rotatable bonds is 8. The number of ether oxygens (including phenoxy) is 2. The Morgan fingerprint density at radius 2 is 1.64 bits per heavy atom. The van der Waals surface area contributed by atoms with Crippen molar-refractivity contribution in [2.24, 2.45) is 0 Å². The number of carbonyl (C=O) groups excluding carboxylic acids is 2. The maximum absolute atomic E-state index is 12.4. The topological polar surface area (TPSA) is 86.7 Å². The summed E-state index contributed by atoms with van der Waals surface area (Å²) in [6, 6.07) is 0. The molecule has 0 saturated carbocycles. The van der Waals surface area contributed by atoms with Gasteiger partial charge in [-0.1, -0.05) is 6.92 Å². The molecule has 0 bridgehead atoms. The molecule has 0 N–H and O–H groups in total. The second-order valence-electron chi connectivity index (χ2n) is 4.84. The van der Waals surface area contributed by atoms with E-state index in [1.165, 1.54) is 0 Å². The molecule has 8 heteroatoms. The van der Waals surface area contributed by atoms with Crippen molar-refractivity contribution in [2.45, 2.75) is 37.2 Å². The maximum atomic E-state index is 12.4. The fourth-order valence-electron chi connectivity index (χ4n) is 2.12. The fourth-order valence-corrected chi connectivity index (χ4v) is 5.51. The molecule has 0 aromatic carbocycles. The minimum Gasteiger partial charge on any atom is -0.431 e. The highest BCUT2D eigenvalue weighted by Crippen LogP contribution is 2.23. The molecule has 6 nitrogen and oxygen atoms in total. The zero-order valence-electron chi connectivity index (χ0n) is 12.2. The van der Waals surface area contributed by atoms with Gasteiger partial charge in [-0.25, -0.2) is 0 Å². The Bertz CT molecular complexity index is 578. The molecule has 0 spiro atoms. The van der Waals surface area contributed by atoms with Crippen LogP contribution in [0.1, 0.15) is 32.6 Å². The second-order valence-corrected chi connectivity index (χ2v) is 8.78. The predicted octanol–water partition coefficient (Wildman–Crippen LogP) is 1.27. The Morgan fingerprint density at radius 3 is 2.14 bits per heavy atom. The summed E-state index contributed by atoms with van der Waals surface area (Å²) in [5.74, 6) is 0.955. The van der Waals surface area contributed by atoms with E-state index < -0.39 is 26.2 Å². The minimum absolute atomic E-state index is 0.205. The molecule has 3 unspecified atom stereocenters. The molecule has 2 aliphatic heterocycles. The Hall–Kier alpha value is -1.28. The summed E-state index contributed by atoms with van der Waals surface area (Å²) in [7, 11) is -2.64. The summed E-state index contributed by atoms with van der Waals surface area (Å²) in [4.78, 5) is 22.1. The van der Waals surface area contributed by atoms with E-state index in [4.69, 9.17) is 9.47 Å². The first-order chi connectivity index (χ1) is 10.5. The van der Waals surface area contributed by atoms with Gasteiger partial charge in [0.05, 0.1) is 12.8 Å². The van der Waals surface area contributed by atoms with Crippen LogP contribution in [0.4, 0.5) is 0 Å². The summed E-state index contributed by atoms with van der Waals surface area (Å²) in [6.45, 7) is 1.76. The van der Waals surface area contributed by atoms with Gasteiger partial charge < -0.3 is 9.47 Å². The Balaban J connectivity index is 1.93. The first-order valence-electron chi connectivity index (χ1n) is 7.03. The fraction of sp³-hybridized carbons (Fsp3) is 0.571. The number of cyclic esters (lactones) is 2. The van der Waals surface area contributed by atoms with Gasteiger partial charge in [-0.05, 0) is 12.2 Å². The van der Waals surface area contributed by atoms with E-state index in [1.54, 1.807) is 19.1 Å². The van der Waals surface area contributed by atoms with Gasteiger partial charge in [0, 0.05) is 45.9 Å². The van der Waals surface area contributed by atoms with Gasteiger partial charge in [-0.3, -0.25) is 18.0 Å². The molecule has 0 radical (unpaired) electrons. The SMILES string of the molecule is CCS(=O)C(CC1=CCC(=O)O1)S(=O)CCC1=CCC(=O)O1. The van der Waals surface area contributed by atoms with Crippen molar-refractivity contribution < 1.29 is 27.5 Å². The molecular weight excluding hydrogens is 328 g/mol. The molecule has 2 rings (SSSR count). The predicted molar refractivity (Wildman–Crippen MR) is 82.3 cm³/mol. The molecular formula is C14H18O6S2. The van der Waals surface area contributed by atoms with Gasteiger partial charge in [0.2, 0.25) is 0 Å². The molecule has 122 valence electrons. The third-order valence-corrected chi connectivity index (χ3v) is 7.24. The van der Waals surface area contributed by atoms with Crippen LogP contribution in [-0.4, -0.2) is 36.4 Å². The van der Waals surface area contributed by atoms with Crippen LogP contribution in [0.25, 0.3) is 0 Å². The molecule has 0 aliphatic carbocycles. The number of hydrogen-bond acceptors (Lipinski definition) is 6.